The Morgan fingerprint density at radius 3 is 2.57 bits per heavy atom. The van der Waals surface area contributed by atoms with Gasteiger partial charge in [0.25, 0.3) is 0 Å². The number of nitriles is 1. The SMILES string of the molecule is C[C@]12CC[C@H]3[C@@H](CC[C@H]4C[C@@H](O)CC[C@@H]43)[C@@H]1CC[C@@]2(O)CC#N. The Labute approximate surface area is 140 Å². The van der Waals surface area contributed by atoms with Gasteiger partial charge >= 0.3 is 0 Å². The van der Waals surface area contributed by atoms with Crippen LogP contribution in [0.25, 0.3) is 0 Å². The van der Waals surface area contributed by atoms with Crippen LogP contribution in [0.3, 0.4) is 0 Å². The average Bonchev–Trinajstić information content (AvgIpc) is 2.79. The van der Waals surface area contributed by atoms with Crippen molar-refractivity contribution >= 4 is 0 Å². The molecule has 0 unspecified atom stereocenters. The standard InChI is InChI=1S/C20H31NO2/c1-19-8-6-16-15-5-3-14(22)12-13(15)2-4-17(16)18(19)7-9-20(19,23)10-11-21/h13-18,22-23H,2-10,12H2,1H3/t13-,14-,15-,16+,17+,18-,19-,20+/m0/s1. The van der Waals surface area contributed by atoms with E-state index in [2.05, 4.69) is 13.0 Å². The van der Waals surface area contributed by atoms with E-state index >= 15 is 0 Å². The van der Waals surface area contributed by atoms with Crippen molar-refractivity contribution in [2.45, 2.75) is 82.8 Å². The van der Waals surface area contributed by atoms with Gasteiger partial charge < -0.3 is 10.2 Å². The number of rotatable bonds is 1. The van der Waals surface area contributed by atoms with Crippen LogP contribution >= 0.6 is 0 Å². The van der Waals surface area contributed by atoms with Crippen LogP contribution in [0.4, 0.5) is 0 Å². The first-order chi connectivity index (χ1) is 11.0. The number of fused-ring (bicyclic) bond motifs is 5. The summed E-state index contributed by atoms with van der Waals surface area (Å²) in [5, 5.41) is 30.3. The van der Waals surface area contributed by atoms with Gasteiger partial charge in [0.05, 0.1) is 24.2 Å². The van der Waals surface area contributed by atoms with E-state index in [1.54, 1.807) is 0 Å². The van der Waals surface area contributed by atoms with Crippen molar-refractivity contribution < 1.29 is 10.2 Å². The summed E-state index contributed by atoms with van der Waals surface area (Å²) < 4.78 is 0. The van der Waals surface area contributed by atoms with Crippen LogP contribution < -0.4 is 0 Å². The first-order valence-corrected chi connectivity index (χ1v) is 9.76. The molecule has 0 spiro atoms. The minimum absolute atomic E-state index is 0.0507. The summed E-state index contributed by atoms with van der Waals surface area (Å²) in [6.07, 6.45) is 10.2. The lowest BCUT2D eigenvalue weighted by Crippen LogP contribution is -2.53. The van der Waals surface area contributed by atoms with E-state index in [9.17, 15) is 15.5 Å². The van der Waals surface area contributed by atoms with Crippen LogP contribution in [-0.2, 0) is 0 Å². The van der Waals surface area contributed by atoms with E-state index in [1.807, 2.05) is 0 Å². The summed E-state index contributed by atoms with van der Waals surface area (Å²) in [5.74, 6) is 3.71. The zero-order chi connectivity index (χ0) is 16.2. The van der Waals surface area contributed by atoms with Gasteiger partial charge in [-0.15, -0.1) is 0 Å². The van der Waals surface area contributed by atoms with E-state index in [0.717, 1.165) is 55.8 Å². The topological polar surface area (TPSA) is 64.2 Å². The van der Waals surface area contributed by atoms with Gasteiger partial charge in [0.1, 0.15) is 0 Å². The molecule has 2 N–H and O–H groups in total. The van der Waals surface area contributed by atoms with E-state index in [-0.39, 0.29) is 11.5 Å². The number of aliphatic hydroxyl groups is 2. The Morgan fingerprint density at radius 1 is 1.00 bits per heavy atom. The lowest BCUT2D eigenvalue weighted by Gasteiger charge is -2.57. The fourth-order valence-electron chi connectivity index (χ4n) is 7.36. The first-order valence-electron chi connectivity index (χ1n) is 9.76. The fourth-order valence-corrected chi connectivity index (χ4v) is 7.36. The molecule has 0 bridgehead atoms. The highest BCUT2D eigenvalue weighted by molar-refractivity contribution is 5.14. The molecule has 0 radical (unpaired) electrons. The van der Waals surface area contributed by atoms with Crippen molar-refractivity contribution in [1.29, 1.82) is 5.26 Å². The van der Waals surface area contributed by atoms with Gasteiger partial charge in [-0.1, -0.05) is 6.92 Å². The second kappa shape index (κ2) is 5.46. The number of hydrogen-bond acceptors (Lipinski definition) is 3. The quantitative estimate of drug-likeness (QED) is 0.776. The highest BCUT2D eigenvalue weighted by Gasteiger charge is 2.62. The van der Waals surface area contributed by atoms with Crippen molar-refractivity contribution in [1.82, 2.24) is 0 Å². The molecular formula is C20H31NO2. The molecule has 0 aromatic rings. The summed E-state index contributed by atoms with van der Waals surface area (Å²) in [7, 11) is 0. The molecule has 0 aliphatic heterocycles. The molecule has 0 aromatic heterocycles. The van der Waals surface area contributed by atoms with Crippen LogP contribution in [0, 0.1) is 46.3 Å². The zero-order valence-corrected chi connectivity index (χ0v) is 14.4. The second-order valence-corrected chi connectivity index (χ2v) is 9.26. The molecule has 4 fully saturated rings. The summed E-state index contributed by atoms with van der Waals surface area (Å²) in [6, 6.07) is 2.25. The smallest absolute Gasteiger partial charge is 0.0833 e. The van der Waals surface area contributed by atoms with Crippen molar-refractivity contribution in [3.8, 4) is 6.07 Å². The first kappa shape index (κ1) is 15.9. The zero-order valence-electron chi connectivity index (χ0n) is 14.4. The van der Waals surface area contributed by atoms with Crippen LogP contribution in [0.15, 0.2) is 0 Å². The molecule has 0 heterocycles. The Hall–Kier alpha value is -0.590. The van der Waals surface area contributed by atoms with E-state index in [4.69, 9.17) is 0 Å². The van der Waals surface area contributed by atoms with E-state index in [1.165, 1.54) is 25.7 Å². The molecule has 0 saturated heterocycles. The summed E-state index contributed by atoms with van der Waals surface area (Å²) in [5.41, 5.74) is -0.804. The van der Waals surface area contributed by atoms with Crippen LogP contribution in [0.2, 0.25) is 0 Å². The molecule has 8 atom stereocenters. The van der Waals surface area contributed by atoms with Crippen LogP contribution in [0.1, 0.15) is 71.1 Å². The lowest BCUT2D eigenvalue weighted by molar-refractivity contribution is -0.131. The molecule has 4 saturated carbocycles. The molecule has 23 heavy (non-hydrogen) atoms. The average molecular weight is 317 g/mol. The number of hydrogen-bond donors (Lipinski definition) is 2. The monoisotopic (exact) mass is 317 g/mol. The van der Waals surface area contributed by atoms with E-state index in [0.29, 0.717) is 12.3 Å². The third-order valence-corrected chi connectivity index (χ3v) is 8.62. The minimum Gasteiger partial charge on any atom is -0.393 e. The third-order valence-electron chi connectivity index (χ3n) is 8.62. The maximum Gasteiger partial charge on any atom is 0.0833 e. The highest BCUT2D eigenvalue weighted by Crippen LogP contribution is 2.65. The van der Waals surface area contributed by atoms with Gasteiger partial charge in [-0.3, -0.25) is 0 Å². The fraction of sp³-hybridized carbons (Fsp3) is 0.950. The third kappa shape index (κ3) is 2.21. The largest absolute Gasteiger partial charge is 0.393 e. The predicted molar refractivity (Wildman–Crippen MR) is 88.3 cm³/mol. The molecule has 4 aliphatic carbocycles. The lowest BCUT2D eigenvalue weighted by atomic mass is 9.49. The molecule has 3 heteroatoms. The Morgan fingerprint density at radius 2 is 1.78 bits per heavy atom. The van der Waals surface area contributed by atoms with Gasteiger partial charge in [0.2, 0.25) is 0 Å². The highest BCUT2D eigenvalue weighted by atomic mass is 16.3. The summed E-state index contributed by atoms with van der Waals surface area (Å²) >= 11 is 0. The number of aliphatic hydroxyl groups excluding tert-OH is 1. The number of nitrogens with zero attached hydrogens (tertiary/aromatic N) is 1. The van der Waals surface area contributed by atoms with Gasteiger partial charge in [-0.05, 0) is 87.4 Å². The second-order valence-electron chi connectivity index (χ2n) is 9.26. The van der Waals surface area contributed by atoms with Crippen LogP contribution in [0.5, 0.6) is 0 Å². The molecular weight excluding hydrogens is 286 g/mol. The maximum absolute atomic E-state index is 11.1. The Balaban J connectivity index is 1.58. The molecule has 0 amide bonds. The molecule has 4 aliphatic rings. The normalized spacial score (nSPS) is 55.4. The molecule has 3 nitrogen and oxygen atoms in total. The van der Waals surface area contributed by atoms with Crippen molar-refractivity contribution in [3.05, 3.63) is 0 Å². The predicted octanol–water partition coefficient (Wildman–Crippen LogP) is 3.64. The molecule has 0 aromatic carbocycles. The Bertz CT molecular complexity index is 514. The van der Waals surface area contributed by atoms with Crippen molar-refractivity contribution in [3.63, 3.8) is 0 Å². The van der Waals surface area contributed by atoms with Crippen molar-refractivity contribution in [2.75, 3.05) is 0 Å². The molecule has 4 rings (SSSR count). The van der Waals surface area contributed by atoms with Crippen molar-refractivity contribution in [2.24, 2.45) is 35.0 Å². The van der Waals surface area contributed by atoms with Gasteiger partial charge in [-0.2, -0.15) is 5.26 Å². The van der Waals surface area contributed by atoms with Gasteiger partial charge in [-0.25, -0.2) is 0 Å². The Kier molecular flexibility index (Phi) is 3.78. The maximum atomic E-state index is 11.1. The minimum atomic E-state index is -0.753. The van der Waals surface area contributed by atoms with E-state index < -0.39 is 5.60 Å². The molecule has 128 valence electrons. The summed E-state index contributed by atoms with van der Waals surface area (Å²) in [4.78, 5) is 0. The summed E-state index contributed by atoms with van der Waals surface area (Å²) in [6.45, 7) is 2.27. The van der Waals surface area contributed by atoms with Gasteiger partial charge in [0, 0.05) is 5.41 Å². The van der Waals surface area contributed by atoms with Crippen LogP contribution in [-0.4, -0.2) is 21.9 Å². The van der Waals surface area contributed by atoms with Gasteiger partial charge in [0.15, 0.2) is 0 Å².